The van der Waals surface area contributed by atoms with Crippen LogP contribution in [0.5, 0.6) is 0 Å². The predicted octanol–water partition coefficient (Wildman–Crippen LogP) is 2.01. The van der Waals surface area contributed by atoms with Gasteiger partial charge in [0.1, 0.15) is 0 Å². The van der Waals surface area contributed by atoms with Gasteiger partial charge in [0.15, 0.2) is 5.96 Å². The summed E-state index contributed by atoms with van der Waals surface area (Å²) in [5.74, 6) is 1.06. The van der Waals surface area contributed by atoms with Crippen LogP contribution in [-0.2, 0) is 11.2 Å². The number of guanidine groups is 1. The number of amides is 1. The molecule has 0 atom stereocenters. The number of hydrogen-bond acceptors (Lipinski definition) is 2. The van der Waals surface area contributed by atoms with Gasteiger partial charge in [-0.15, -0.1) is 0 Å². The summed E-state index contributed by atoms with van der Waals surface area (Å²) in [6.07, 6.45) is 0.821. The highest BCUT2D eigenvalue weighted by Gasteiger charge is 2.20. The molecule has 1 aliphatic rings. The van der Waals surface area contributed by atoms with Gasteiger partial charge in [0.05, 0.1) is 0 Å². The summed E-state index contributed by atoms with van der Waals surface area (Å²) < 4.78 is 0. The molecule has 126 valence electrons. The zero-order valence-corrected chi connectivity index (χ0v) is 14.6. The van der Waals surface area contributed by atoms with E-state index in [9.17, 15) is 4.79 Å². The molecule has 1 saturated heterocycles. The van der Waals surface area contributed by atoms with Gasteiger partial charge in [-0.05, 0) is 25.0 Å². The van der Waals surface area contributed by atoms with Crippen LogP contribution in [0.3, 0.4) is 0 Å². The van der Waals surface area contributed by atoms with E-state index in [4.69, 9.17) is 16.6 Å². The molecule has 1 aliphatic heterocycles. The van der Waals surface area contributed by atoms with Crippen LogP contribution in [-0.4, -0.2) is 60.9 Å². The van der Waals surface area contributed by atoms with Crippen molar-refractivity contribution in [3.63, 3.8) is 0 Å². The number of carbonyl (C=O) groups excluding carboxylic acids is 1. The minimum absolute atomic E-state index is 0.144. The molecular weight excluding hydrogens is 312 g/mol. The van der Waals surface area contributed by atoms with Crippen LogP contribution < -0.4 is 5.32 Å². The second kappa shape index (κ2) is 8.77. The lowest BCUT2D eigenvalue weighted by atomic mass is 10.1. The molecule has 5 nitrogen and oxygen atoms in total. The van der Waals surface area contributed by atoms with E-state index in [-0.39, 0.29) is 5.91 Å². The third kappa shape index (κ3) is 5.13. The van der Waals surface area contributed by atoms with E-state index in [0.717, 1.165) is 55.7 Å². The third-order valence-corrected chi connectivity index (χ3v) is 4.33. The smallest absolute Gasteiger partial charge is 0.219 e. The SMILES string of the molecule is CCNC(=NCCc1ccccc1Cl)N1CCN(C(C)=O)CC1. The molecule has 0 unspecified atom stereocenters. The molecule has 0 aromatic heterocycles. The molecule has 6 heteroatoms. The number of carbonyl (C=O) groups is 1. The summed E-state index contributed by atoms with van der Waals surface area (Å²) >= 11 is 6.18. The van der Waals surface area contributed by atoms with E-state index in [1.807, 2.05) is 29.2 Å². The summed E-state index contributed by atoms with van der Waals surface area (Å²) in [6.45, 7) is 8.36. The topological polar surface area (TPSA) is 47.9 Å². The zero-order chi connectivity index (χ0) is 16.7. The number of halogens is 1. The van der Waals surface area contributed by atoms with Crippen LogP contribution in [0.25, 0.3) is 0 Å². The summed E-state index contributed by atoms with van der Waals surface area (Å²) in [7, 11) is 0. The molecule has 1 aromatic rings. The minimum atomic E-state index is 0.144. The first-order valence-electron chi connectivity index (χ1n) is 8.14. The second-order valence-corrected chi connectivity index (χ2v) is 5.98. The van der Waals surface area contributed by atoms with Crippen LogP contribution in [0, 0.1) is 0 Å². The number of nitrogens with zero attached hydrogens (tertiary/aromatic N) is 3. The highest BCUT2D eigenvalue weighted by molar-refractivity contribution is 6.31. The highest BCUT2D eigenvalue weighted by atomic mass is 35.5. The Bertz CT molecular complexity index is 553. The maximum atomic E-state index is 11.4. The van der Waals surface area contributed by atoms with Gasteiger partial charge in [-0.25, -0.2) is 0 Å². The molecule has 2 rings (SSSR count). The Balaban J connectivity index is 1.93. The quantitative estimate of drug-likeness (QED) is 0.676. The third-order valence-electron chi connectivity index (χ3n) is 3.96. The van der Waals surface area contributed by atoms with Crippen LogP contribution in [0.1, 0.15) is 19.4 Å². The van der Waals surface area contributed by atoms with Crippen molar-refractivity contribution in [1.29, 1.82) is 0 Å². The van der Waals surface area contributed by atoms with Gasteiger partial charge in [0.2, 0.25) is 5.91 Å². The van der Waals surface area contributed by atoms with E-state index < -0.39 is 0 Å². The monoisotopic (exact) mass is 336 g/mol. The first-order valence-corrected chi connectivity index (χ1v) is 8.51. The van der Waals surface area contributed by atoms with Gasteiger partial charge < -0.3 is 15.1 Å². The van der Waals surface area contributed by atoms with Crippen molar-refractivity contribution in [2.75, 3.05) is 39.3 Å². The zero-order valence-electron chi connectivity index (χ0n) is 13.9. The lowest BCUT2D eigenvalue weighted by molar-refractivity contribution is -0.130. The predicted molar refractivity (Wildman–Crippen MR) is 95.0 cm³/mol. The average Bonchev–Trinajstić information content (AvgIpc) is 2.56. The Labute approximate surface area is 143 Å². The van der Waals surface area contributed by atoms with Gasteiger partial charge >= 0.3 is 0 Å². The molecular formula is C17H25ClN4O. The van der Waals surface area contributed by atoms with Gasteiger partial charge in [0.25, 0.3) is 0 Å². The van der Waals surface area contributed by atoms with Gasteiger partial charge in [-0.3, -0.25) is 9.79 Å². The number of hydrogen-bond donors (Lipinski definition) is 1. The number of rotatable bonds is 4. The molecule has 0 bridgehead atoms. The van der Waals surface area contributed by atoms with Crippen molar-refractivity contribution in [3.05, 3.63) is 34.9 Å². The van der Waals surface area contributed by atoms with E-state index in [1.165, 1.54) is 0 Å². The van der Waals surface area contributed by atoms with E-state index >= 15 is 0 Å². The molecule has 0 radical (unpaired) electrons. The fraction of sp³-hybridized carbons (Fsp3) is 0.529. The van der Waals surface area contributed by atoms with Crippen LogP contribution in [0.4, 0.5) is 0 Å². The molecule has 0 saturated carbocycles. The maximum Gasteiger partial charge on any atom is 0.219 e. The van der Waals surface area contributed by atoms with Crippen molar-refractivity contribution in [2.24, 2.45) is 4.99 Å². The van der Waals surface area contributed by atoms with Crippen LogP contribution >= 0.6 is 11.6 Å². The van der Waals surface area contributed by atoms with Crippen molar-refractivity contribution in [3.8, 4) is 0 Å². The molecule has 23 heavy (non-hydrogen) atoms. The first kappa shape index (κ1) is 17.6. The van der Waals surface area contributed by atoms with Crippen molar-refractivity contribution in [1.82, 2.24) is 15.1 Å². The van der Waals surface area contributed by atoms with Crippen molar-refractivity contribution >= 4 is 23.5 Å². The Hall–Kier alpha value is -1.75. The van der Waals surface area contributed by atoms with Crippen LogP contribution in [0.15, 0.2) is 29.3 Å². The fourth-order valence-corrected chi connectivity index (χ4v) is 2.87. The Kier molecular flexibility index (Phi) is 6.71. The number of benzene rings is 1. The van der Waals surface area contributed by atoms with Gasteiger partial charge in [-0.1, -0.05) is 29.8 Å². The molecule has 0 spiro atoms. The van der Waals surface area contributed by atoms with E-state index in [0.29, 0.717) is 6.54 Å². The lowest BCUT2D eigenvalue weighted by Crippen LogP contribution is -2.53. The normalized spacial score (nSPS) is 15.7. The van der Waals surface area contributed by atoms with E-state index in [1.54, 1.807) is 6.92 Å². The highest BCUT2D eigenvalue weighted by Crippen LogP contribution is 2.15. The number of aliphatic imine (C=N–C) groups is 1. The van der Waals surface area contributed by atoms with Gasteiger partial charge in [-0.2, -0.15) is 0 Å². The molecule has 1 amide bonds. The Morgan fingerprint density at radius 3 is 2.48 bits per heavy atom. The number of nitrogens with one attached hydrogen (secondary N) is 1. The summed E-state index contributed by atoms with van der Waals surface area (Å²) in [5, 5.41) is 4.13. The lowest BCUT2D eigenvalue weighted by Gasteiger charge is -2.36. The Morgan fingerprint density at radius 2 is 1.87 bits per heavy atom. The van der Waals surface area contributed by atoms with E-state index in [2.05, 4.69) is 17.1 Å². The summed E-state index contributed by atoms with van der Waals surface area (Å²) in [6, 6.07) is 7.88. The van der Waals surface area contributed by atoms with Crippen molar-refractivity contribution < 1.29 is 4.79 Å². The molecule has 0 aliphatic carbocycles. The second-order valence-electron chi connectivity index (χ2n) is 5.57. The summed E-state index contributed by atoms with van der Waals surface area (Å²) in [5.41, 5.74) is 1.12. The molecule has 1 heterocycles. The molecule has 1 fully saturated rings. The van der Waals surface area contributed by atoms with Gasteiger partial charge in [0, 0.05) is 51.2 Å². The standard InChI is InChI=1S/C17H25ClN4O/c1-3-19-17(22-12-10-21(11-13-22)14(2)23)20-9-8-15-6-4-5-7-16(15)18/h4-7H,3,8-13H2,1-2H3,(H,19,20). The first-order chi connectivity index (χ1) is 11.1. The minimum Gasteiger partial charge on any atom is -0.357 e. The maximum absolute atomic E-state index is 11.4. The average molecular weight is 337 g/mol. The molecule has 1 aromatic carbocycles. The number of piperazine rings is 1. The Morgan fingerprint density at radius 1 is 1.22 bits per heavy atom. The fourth-order valence-electron chi connectivity index (χ4n) is 2.64. The summed E-state index contributed by atoms with van der Waals surface area (Å²) in [4.78, 5) is 20.2. The largest absolute Gasteiger partial charge is 0.357 e. The molecule has 1 N–H and O–H groups in total. The van der Waals surface area contributed by atoms with Crippen LogP contribution in [0.2, 0.25) is 5.02 Å². The van der Waals surface area contributed by atoms with Crippen molar-refractivity contribution in [2.45, 2.75) is 20.3 Å².